The SMILES string of the molecule is CCCN1C(=O)C(Nc2ccc(OC)c(Cl)c2)=C(c2ccc(OCC)cc2)C1=O. The minimum Gasteiger partial charge on any atom is -0.495 e. The summed E-state index contributed by atoms with van der Waals surface area (Å²) < 4.78 is 10.6. The number of hydrogen-bond acceptors (Lipinski definition) is 5. The number of carbonyl (C=O) groups excluding carboxylic acids is 2. The molecule has 2 amide bonds. The molecular formula is C22H23ClN2O4. The normalized spacial score (nSPS) is 13.9. The van der Waals surface area contributed by atoms with Crippen LogP contribution < -0.4 is 14.8 Å². The van der Waals surface area contributed by atoms with Crippen molar-refractivity contribution >= 4 is 34.7 Å². The highest BCUT2D eigenvalue weighted by molar-refractivity contribution is 6.36. The number of carbonyl (C=O) groups is 2. The Kier molecular flexibility index (Phi) is 6.44. The fourth-order valence-corrected chi connectivity index (χ4v) is 3.42. The molecule has 6 nitrogen and oxygen atoms in total. The van der Waals surface area contributed by atoms with E-state index >= 15 is 0 Å². The number of rotatable bonds is 8. The summed E-state index contributed by atoms with van der Waals surface area (Å²) >= 11 is 6.20. The first-order valence-electron chi connectivity index (χ1n) is 9.44. The van der Waals surface area contributed by atoms with Crippen LogP contribution in [-0.4, -0.2) is 37.0 Å². The van der Waals surface area contributed by atoms with Crippen molar-refractivity contribution < 1.29 is 19.1 Å². The Labute approximate surface area is 175 Å². The van der Waals surface area contributed by atoms with Crippen molar-refractivity contribution in [1.29, 1.82) is 0 Å². The fourth-order valence-electron chi connectivity index (χ4n) is 3.16. The van der Waals surface area contributed by atoms with Crippen LogP contribution in [-0.2, 0) is 9.59 Å². The molecule has 1 N–H and O–H groups in total. The Hall–Kier alpha value is -2.99. The van der Waals surface area contributed by atoms with Gasteiger partial charge in [-0.2, -0.15) is 0 Å². The van der Waals surface area contributed by atoms with Gasteiger partial charge in [-0.3, -0.25) is 14.5 Å². The standard InChI is InChI=1S/C22H23ClN2O4/c1-4-12-25-21(26)19(14-6-9-16(10-7-14)29-5-2)20(22(25)27)24-15-8-11-18(28-3)17(23)13-15/h6-11,13,24H,4-5,12H2,1-3H3. The van der Waals surface area contributed by atoms with Crippen LogP contribution in [0.1, 0.15) is 25.8 Å². The number of hydrogen-bond donors (Lipinski definition) is 1. The number of nitrogens with zero attached hydrogens (tertiary/aromatic N) is 1. The lowest BCUT2D eigenvalue weighted by atomic mass is 10.0. The number of halogens is 1. The third-order valence-corrected chi connectivity index (χ3v) is 4.79. The van der Waals surface area contributed by atoms with Crippen molar-refractivity contribution in [2.75, 3.05) is 25.6 Å². The van der Waals surface area contributed by atoms with Gasteiger partial charge in [-0.1, -0.05) is 30.7 Å². The van der Waals surface area contributed by atoms with Crippen LogP contribution in [0.25, 0.3) is 5.57 Å². The average Bonchev–Trinajstić information content (AvgIpc) is 2.94. The van der Waals surface area contributed by atoms with Crippen molar-refractivity contribution in [3.8, 4) is 11.5 Å². The zero-order valence-electron chi connectivity index (χ0n) is 16.6. The lowest BCUT2D eigenvalue weighted by Crippen LogP contribution is -2.33. The van der Waals surface area contributed by atoms with E-state index < -0.39 is 0 Å². The molecule has 2 aromatic carbocycles. The van der Waals surface area contributed by atoms with Crippen molar-refractivity contribution in [3.63, 3.8) is 0 Å². The first kappa shape index (κ1) is 20.7. The second kappa shape index (κ2) is 9.01. The molecule has 0 saturated heterocycles. The number of amides is 2. The van der Waals surface area contributed by atoms with E-state index in [4.69, 9.17) is 21.1 Å². The van der Waals surface area contributed by atoms with E-state index in [2.05, 4.69) is 5.32 Å². The van der Waals surface area contributed by atoms with Gasteiger partial charge in [0, 0.05) is 12.2 Å². The van der Waals surface area contributed by atoms with Gasteiger partial charge in [0.1, 0.15) is 17.2 Å². The number of anilines is 1. The second-order valence-electron chi connectivity index (χ2n) is 6.44. The molecule has 2 aromatic rings. The molecule has 7 heteroatoms. The van der Waals surface area contributed by atoms with Crippen LogP contribution in [0.2, 0.25) is 5.02 Å². The minimum atomic E-state index is -0.354. The highest BCUT2D eigenvalue weighted by atomic mass is 35.5. The zero-order valence-corrected chi connectivity index (χ0v) is 17.4. The van der Waals surface area contributed by atoms with Crippen molar-refractivity contribution in [3.05, 3.63) is 58.7 Å². The Morgan fingerprint density at radius 3 is 2.34 bits per heavy atom. The monoisotopic (exact) mass is 414 g/mol. The summed E-state index contributed by atoms with van der Waals surface area (Å²) in [6.45, 7) is 4.73. The molecule has 0 aromatic heterocycles. The molecule has 0 saturated carbocycles. The number of methoxy groups -OCH3 is 1. The van der Waals surface area contributed by atoms with Gasteiger partial charge in [-0.05, 0) is 49.2 Å². The zero-order chi connectivity index (χ0) is 21.0. The molecule has 3 rings (SSSR count). The molecule has 0 aliphatic carbocycles. The smallest absolute Gasteiger partial charge is 0.278 e. The maximum Gasteiger partial charge on any atom is 0.278 e. The fraction of sp³-hybridized carbons (Fsp3) is 0.273. The Morgan fingerprint density at radius 2 is 1.76 bits per heavy atom. The van der Waals surface area contributed by atoms with E-state index in [0.29, 0.717) is 52.9 Å². The molecule has 29 heavy (non-hydrogen) atoms. The maximum atomic E-state index is 13.0. The quantitative estimate of drug-likeness (QED) is 0.650. The summed E-state index contributed by atoms with van der Waals surface area (Å²) in [6.07, 6.45) is 0.676. The number of benzene rings is 2. The van der Waals surface area contributed by atoms with Gasteiger partial charge in [0.25, 0.3) is 11.8 Å². The van der Waals surface area contributed by atoms with E-state index in [1.807, 2.05) is 13.8 Å². The Bertz CT molecular complexity index is 954. The van der Waals surface area contributed by atoms with Gasteiger partial charge in [-0.15, -0.1) is 0 Å². The van der Waals surface area contributed by atoms with Crippen molar-refractivity contribution in [2.45, 2.75) is 20.3 Å². The Balaban J connectivity index is 2.02. The number of ether oxygens (including phenoxy) is 2. The van der Waals surface area contributed by atoms with E-state index in [1.165, 1.54) is 12.0 Å². The molecule has 0 unspecified atom stereocenters. The van der Waals surface area contributed by atoms with E-state index in [9.17, 15) is 9.59 Å². The largest absolute Gasteiger partial charge is 0.495 e. The third kappa shape index (κ3) is 4.22. The van der Waals surface area contributed by atoms with Gasteiger partial charge in [-0.25, -0.2) is 0 Å². The van der Waals surface area contributed by atoms with E-state index in [1.54, 1.807) is 42.5 Å². The van der Waals surface area contributed by atoms with Gasteiger partial charge in [0.15, 0.2) is 0 Å². The van der Waals surface area contributed by atoms with Crippen LogP contribution in [0.15, 0.2) is 48.2 Å². The molecule has 0 bridgehead atoms. The topological polar surface area (TPSA) is 67.9 Å². The molecular weight excluding hydrogens is 392 g/mol. The summed E-state index contributed by atoms with van der Waals surface area (Å²) in [7, 11) is 1.53. The predicted molar refractivity (Wildman–Crippen MR) is 113 cm³/mol. The summed E-state index contributed by atoms with van der Waals surface area (Å²) in [5.41, 5.74) is 1.80. The number of imide groups is 1. The Morgan fingerprint density at radius 1 is 1.03 bits per heavy atom. The summed E-state index contributed by atoms with van der Waals surface area (Å²) in [6, 6.07) is 12.2. The lowest BCUT2D eigenvalue weighted by molar-refractivity contribution is -0.136. The van der Waals surface area contributed by atoms with Crippen LogP contribution in [0, 0.1) is 0 Å². The molecule has 1 heterocycles. The maximum absolute atomic E-state index is 13.0. The minimum absolute atomic E-state index is 0.230. The molecule has 0 atom stereocenters. The highest BCUT2D eigenvalue weighted by Gasteiger charge is 2.38. The number of nitrogens with one attached hydrogen (secondary N) is 1. The summed E-state index contributed by atoms with van der Waals surface area (Å²) in [4.78, 5) is 27.3. The molecule has 0 fully saturated rings. The third-order valence-electron chi connectivity index (χ3n) is 4.49. The average molecular weight is 415 g/mol. The van der Waals surface area contributed by atoms with Gasteiger partial charge in [0.2, 0.25) is 0 Å². The van der Waals surface area contributed by atoms with Crippen LogP contribution >= 0.6 is 11.6 Å². The van der Waals surface area contributed by atoms with E-state index in [-0.39, 0.29) is 17.5 Å². The predicted octanol–water partition coefficient (Wildman–Crippen LogP) is 4.35. The van der Waals surface area contributed by atoms with Crippen molar-refractivity contribution in [2.24, 2.45) is 0 Å². The lowest BCUT2D eigenvalue weighted by Gasteiger charge is -2.14. The second-order valence-corrected chi connectivity index (χ2v) is 6.85. The summed E-state index contributed by atoms with van der Waals surface area (Å²) in [5, 5.41) is 3.49. The van der Waals surface area contributed by atoms with Gasteiger partial charge in [0.05, 0.1) is 24.3 Å². The van der Waals surface area contributed by atoms with Crippen molar-refractivity contribution in [1.82, 2.24) is 4.90 Å². The summed E-state index contributed by atoms with van der Waals surface area (Å²) in [5.74, 6) is 0.561. The first-order valence-corrected chi connectivity index (χ1v) is 9.82. The van der Waals surface area contributed by atoms with Crippen LogP contribution in [0.5, 0.6) is 11.5 Å². The first-order chi connectivity index (χ1) is 14.0. The van der Waals surface area contributed by atoms with Crippen LogP contribution in [0.4, 0.5) is 5.69 Å². The van der Waals surface area contributed by atoms with Gasteiger partial charge < -0.3 is 14.8 Å². The van der Waals surface area contributed by atoms with E-state index in [0.717, 1.165) is 0 Å². The highest BCUT2D eigenvalue weighted by Crippen LogP contribution is 2.33. The molecule has 0 radical (unpaired) electrons. The molecule has 1 aliphatic heterocycles. The molecule has 1 aliphatic rings. The van der Waals surface area contributed by atoms with Gasteiger partial charge >= 0.3 is 0 Å². The molecule has 152 valence electrons. The van der Waals surface area contributed by atoms with Crippen LogP contribution in [0.3, 0.4) is 0 Å². The molecule has 0 spiro atoms.